The van der Waals surface area contributed by atoms with Crippen molar-refractivity contribution in [3.63, 3.8) is 0 Å². The standard InChI is InChI=1S/C17H16ClF4N3O2.C17H18F4N4O2.C4H4ClF3O2.B.H3N/c1-16(2,26)7-25-12(6-27-8-17(20,21)22)24-13-14(25)10-4-3-9(19)5-11(10)23-15(13)18;1-16(2,26)7-25-12(6-27-8-17(19,20)21)24-13-14(25)10-4-3-9(18)5-11(10)23-15(13)22;5-3(9)1-10-2-4(6,7)8;;/h3-5,26H,6-8H2,1-2H3;3-5,26H,6-8H2,1-2H3,(H2,22,23);1-2H2;;1H3. The zero-order chi connectivity index (χ0) is 48.2. The molecule has 0 unspecified atom stereocenters. The number of hydrogen-bond donors (Lipinski definition) is 4. The molecule has 14 nitrogen and oxygen atoms in total. The second kappa shape index (κ2) is 22.4. The van der Waals surface area contributed by atoms with Gasteiger partial charge >= 0.3 is 18.5 Å². The maximum absolute atomic E-state index is 13.6. The van der Waals surface area contributed by atoms with Gasteiger partial charge in [0.05, 0.1) is 46.4 Å². The highest BCUT2D eigenvalue weighted by Crippen LogP contribution is 2.33. The highest BCUT2D eigenvalue weighted by atomic mass is 35.5. The van der Waals surface area contributed by atoms with E-state index in [0.717, 1.165) is 0 Å². The summed E-state index contributed by atoms with van der Waals surface area (Å²) in [7, 11) is 0. The van der Waals surface area contributed by atoms with E-state index in [1.54, 1.807) is 27.7 Å². The van der Waals surface area contributed by atoms with Crippen molar-refractivity contribution in [2.75, 3.05) is 32.2 Å². The first kappa shape index (κ1) is 57.4. The number of carbonyl (C=O) groups excluding carboxylic acids is 1. The number of imidazole rings is 2. The van der Waals surface area contributed by atoms with Crippen molar-refractivity contribution in [3.8, 4) is 0 Å². The second-order valence-corrected chi connectivity index (χ2v) is 15.9. The van der Waals surface area contributed by atoms with Crippen molar-refractivity contribution in [3.05, 3.63) is 64.8 Å². The fourth-order valence-corrected chi connectivity index (χ4v) is 6.20. The Bertz CT molecular complexity index is 2440. The SMILES string of the molecule is CC(C)(O)Cn1c(COCC(F)(F)F)nc2c(Cl)nc3cc(F)ccc3c21.CC(C)(O)Cn1c(COCC(F)(F)F)nc2c(N)nc3cc(F)ccc3c21.N.O=C(Cl)COCC(F)(F)F.[B]. The molecule has 0 bridgehead atoms. The van der Waals surface area contributed by atoms with E-state index in [4.69, 9.17) is 26.8 Å². The van der Waals surface area contributed by atoms with Gasteiger partial charge in [0.15, 0.2) is 11.0 Å². The molecule has 0 atom stereocenters. The Balaban J connectivity index is 0.000000368. The summed E-state index contributed by atoms with van der Waals surface area (Å²) in [5.41, 5.74) is 5.46. The lowest BCUT2D eigenvalue weighted by Gasteiger charge is -2.21. The molecule has 6 aromatic rings. The second-order valence-electron chi connectivity index (χ2n) is 15.1. The lowest BCUT2D eigenvalue weighted by Crippen LogP contribution is -2.27. The number of pyridine rings is 2. The summed E-state index contributed by atoms with van der Waals surface area (Å²) in [6, 6.07) is 7.84. The van der Waals surface area contributed by atoms with E-state index in [1.165, 1.54) is 45.5 Å². The Hall–Kier alpha value is -4.70. The zero-order valence-electron chi connectivity index (χ0n) is 35.1. The maximum Gasteiger partial charge on any atom is 0.411 e. The van der Waals surface area contributed by atoms with Gasteiger partial charge in [-0.2, -0.15) is 39.5 Å². The van der Waals surface area contributed by atoms with Gasteiger partial charge in [0.25, 0.3) is 0 Å². The van der Waals surface area contributed by atoms with Crippen LogP contribution in [0.3, 0.4) is 0 Å². The lowest BCUT2D eigenvalue weighted by molar-refractivity contribution is -0.177. The number of alkyl halides is 9. The fraction of sp³-hybridized carbons (Fsp3) is 0.447. The third-order valence-electron chi connectivity index (χ3n) is 7.99. The number of nitrogens with two attached hydrogens (primary N) is 1. The molecule has 7 N–H and O–H groups in total. The molecule has 6 rings (SSSR count). The molecule has 0 aliphatic carbocycles. The number of nitrogen functional groups attached to an aromatic ring is 1. The number of hydrogen-bond acceptors (Lipinski definition) is 12. The molecule has 0 aliphatic rings. The van der Waals surface area contributed by atoms with Gasteiger partial charge in [-0.25, -0.2) is 28.7 Å². The summed E-state index contributed by atoms with van der Waals surface area (Å²) >= 11 is 10.8. The number of fused-ring (bicyclic) bond motifs is 6. The highest BCUT2D eigenvalue weighted by Gasteiger charge is 2.31. The van der Waals surface area contributed by atoms with Crippen LogP contribution in [0, 0.1) is 11.6 Å². The van der Waals surface area contributed by atoms with Crippen LogP contribution >= 0.6 is 23.2 Å². The molecule has 66 heavy (non-hydrogen) atoms. The van der Waals surface area contributed by atoms with Gasteiger partial charge in [-0.3, -0.25) is 4.79 Å². The third kappa shape index (κ3) is 17.2. The molecule has 2 aromatic carbocycles. The van der Waals surface area contributed by atoms with Crippen LogP contribution < -0.4 is 11.9 Å². The molecule has 0 spiro atoms. The third-order valence-corrected chi connectivity index (χ3v) is 8.36. The molecule has 0 amide bonds. The topological polar surface area (TPSA) is 208 Å². The van der Waals surface area contributed by atoms with Gasteiger partial charge in [0.2, 0.25) is 5.24 Å². The Morgan fingerprint density at radius 3 is 1.44 bits per heavy atom. The van der Waals surface area contributed by atoms with E-state index in [2.05, 4.69) is 36.3 Å². The van der Waals surface area contributed by atoms with Gasteiger partial charge in [-0.15, -0.1) is 0 Å². The molecule has 4 aromatic heterocycles. The molecule has 3 radical (unpaired) electrons. The molecule has 0 saturated carbocycles. The van der Waals surface area contributed by atoms with Crippen LogP contribution in [0.1, 0.15) is 39.3 Å². The molecule has 28 heteroatoms. The smallest absolute Gasteiger partial charge is 0.389 e. The van der Waals surface area contributed by atoms with Gasteiger partial charge in [0.1, 0.15) is 74.0 Å². The van der Waals surface area contributed by atoms with Gasteiger partial charge in [-0.1, -0.05) is 11.6 Å². The summed E-state index contributed by atoms with van der Waals surface area (Å²) < 4.78 is 151. The molecule has 0 saturated heterocycles. The first-order valence-electron chi connectivity index (χ1n) is 18.2. The number of ether oxygens (including phenoxy) is 3. The van der Waals surface area contributed by atoms with Crippen LogP contribution in [-0.4, -0.2) is 109 Å². The number of aromatic nitrogens is 6. The Labute approximate surface area is 379 Å². The number of halogens is 13. The van der Waals surface area contributed by atoms with Gasteiger partial charge < -0.3 is 45.4 Å². The van der Waals surface area contributed by atoms with E-state index in [9.17, 15) is 63.3 Å². The number of anilines is 1. The average Bonchev–Trinajstić information content (AvgIpc) is 3.64. The zero-order valence-corrected chi connectivity index (χ0v) is 36.6. The number of aliphatic hydroxyl groups is 2. The van der Waals surface area contributed by atoms with Crippen LogP contribution in [0.15, 0.2) is 36.4 Å². The average molecular weight is 996 g/mol. The van der Waals surface area contributed by atoms with Crippen LogP contribution in [-0.2, 0) is 45.3 Å². The summed E-state index contributed by atoms with van der Waals surface area (Å²) in [6.45, 7) is 0.327. The van der Waals surface area contributed by atoms with Gasteiger partial charge in [-0.05, 0) is 63.6 Å². The van der Waals surface area contributed by atoms with E-state index < -0.39 is 86.2 Å². The van der Waals surface area contributed by atoms with E-state index >= 15 is 0 Å². The number of rotatable bonds is 13. The number of carbonyl (C=O) groups is 1. The first-order chi connectivity index (χ1) is 29.3. The van der Waals surface area contributed by atoms with Crippen LogP contribution in [0.25, 0.3) is 43.9 Å². The van der Waals surface area contributed by atoms with Crippen molar-refractivity contribution in [1.82, 2.24) is 35.2 Å². The van der Waals surface area contributed by atoms with E-state index in [1.807, 2.05) is 0 Å². The van der Waals surface area contributed by atoms with Crippen molar-refractivity contribution in [1.29, 1.82) is 0 Å². The fourth-order valence-electron chi connectivity index (χ4n) is 5.90. The van der Waals surface area contributed by atoms with Crippen molar-refractivity contribution >= 4 is 86.5 Å². The Kier molecular flexibility index (Phi) is 19.5. The molecule has 4 heterocycles. The minimum atomic E-state index is -4.48. The quantitative estimate of drug-likeness (QED) is 0.0372. The summed E-state index contributed by atoms with van der Waals surface area (Å²) in [4.78, 5) is 26.5. The summed E-state index contributed by atoms with van der Waals surface area (Å²) in [5.74, 6) is -0.697. The van der Waals surface area contributed by atoms with Gasteiger partial charge in [0, 0.05) is 31.3 Å². The Morgan fingerprint density at radius 2 is 1.05 bits per heavy atom. The minimum absolute atomic E-state index is 0. The summed E-state index contributed by atoms with van der Waals surface area (Å²) in [5, 5.41) is 20.5. The molecular weight excluding hydrogens is 955 g/mol. The van der Waals surface area contributed by atoms with Crippen molar-refractivity contribution in [2.24, 2.45) is 0 Å². The normalized spacial score (nSPS) is 12.4. The summed E-state index contributed by atoms with van der Waals surface area (Å²) in [6.07, 6.45) is -13.3. The van der Waals surface area contributed by atoms with Crippen LogP contribution in [0.2, 0.25) is 5.15 Å². The van der Waals surface area contributed by atoms with Crippen LogP contribution in [0.5, 0.6) is 0 Å². The number of nitrogens with zero attached hydrogens (tertiary/aromatic N) is 6. The highest BCUT2D eigenvalue weighted by molar-refractivity contribution is 6.63. The molecule has 0 aliphatic heterocycles. The van der Waals surface area contributed by atoms with E-state index in [-0.39, 0.29) is 72.3 Å². The predicted molar refractivity (Wildman–Crippen MR) is 222 cm³/mol. The lowest BCUT2D eigenvalue weighted by atomic mass is 10.1. The largest absolute Gasteiger partial charge is 0.411 e. The molecule has 0 fully saturated rings. The molecule has 363 valence electrons. The predicted octanol–water partition coefficient (Wildman–Crippen LogP) is 8.49. The van der Waals surface area contributed by atoms with E-state index in [0.29, 0.717) is 21.8 Å². The minimum Gasteiger partial charge on any atom is -0.389 e. The molecular formula is C38H41BCl2F11N8O6. The Morgan fingerprint density at radius 1 is 0.667 bits per heavy atom. The van der Waals surface area contributed by atoms with Crippen molar-refractivity contribution < 1.29 is 77.5 Å². The van der Waals surface area contributed by atoms with Crippen molar-refractivity contribution in [2.45, 2.75) is 83.7 Å². The maximum atomic E-state index is 13.6. The monoisotopic (exact) mass is 995 g/mol. The van der Waals surface area contributed by atoms with Crippen LogP contribution in [0.4, 0.5) is 54.1 Å². The first-order valence-corrected chi connectivity index (χ1v) is 19.0. The number of benzene rings is 2.